The summed E-state index contributed by atoms with van der Waals surface area (Å²) < 4.78 is 0. The van der Waals surface area contributed by atoms with Gasteiger partial charge in [-0.15, -0.1) is 0 Å². The zero-order chi connectivity index (χ0) is 16.6. The molecule has 0 amide bonds. The van der Waals surface area contributed by atoms with E-state index in [4.69, 9.17) is 0 Å². The Hall–Kier alpha value is -2.38. The molecular weight excluding hydrogens is 290 g/mol. The molecule has 0 aromatic heterocycles. The van der Waals surface area contributed by atoms with Gasteiger partial charge in [0, 0.05) is 17.9 Å². The molecule has 2 N–H and O–H groups in total. The standard InChI is InChI=1S/C23H25N/c1-19(20-11-5-2-6-12-20)24-18-17-23(21-13-7-3-8-14-21)22-15-9-4-10-16-22/h2-16,19,23-24H,17-18H2,1H3/p+1/t19-/m0/s1. The molecule has 1 atom stereocenters. The molecule has 0 radical (unpaired) electrons. The van der Waals surface area contributed by atoms with E-state index in [0.29, 0.717) is 12.0 Å². The molecule has 0 aliphatic carbocycles. The van der Waals surface area contributed by atoms with Crippen LogP contribution in [-0.2, 0) is 0 Å². The number of benzene rings is 3. The predicted octanol–water partition coefficient (Wildman–Crippen LogP) is 4.53. The first-order valence-corrected chi connectivity index (χ1v) is 8.83. The van der Waals surface area contributed by atoms with E-state index in [2.05, 4.69) is 103 Å². The van der Waals surface area contributed by atoms with Crippen molar-refractivity contribution in [3.63, 3.8) is 0 Å². The predicted molar refractivity (Wildman–Crippen MR) is 101 cm³/mol. The molecule has 1 heteroatoms. The lowest BCUT2D eigenvalue weighted by Crippen LogP contribution is -2.84. The fourth-order valence-corrected chi connectivity index (χ4v) is 3.30. The van der Waals surface area contributed by atoms with Crippen molar-refractivity contribution in [2.45, 2.75) is 25.3 Å². The monoisotopic (exact) mass is 316 g/mol. The second-order valence-electron chi connectivity index (χ2n) is 6.39. The summed E-state index contributed by atoms with van der Waals surface area (Å²) in [4.78, 5) is 0. The van der Waals surface area contributed by atoms with Gasteiger partial charge in [-0.2, -0.15) is 0 Å². The van der Waals surface area contributed by atoms with E-state index in [1.807, 2.05) is 0 Å². The number of rotatable bonds is 7. The number of hydrogen-bond acceptors (Lipinski definition) is 0. The summed E-state index contributed by atoms with van der Waals surface area (Å²) in [6, 6.07) is 33.0. The Morgan fingerprint density at radius 1 is 0.625 bits per heavy atom. The lowest BCUT2D eigenvalue weighted by molar-refractivity contribution is -0.693. The van der Waals surface area contributed by atoms with Gasteiger partial charge in [-0.3, -0.25) is 0 Å². The van der Waals surface area contributed by atoms with Crippen molar-refractivity contribution in [2.75, 3.05) is 6.54 Å². The van der Waals surface area contributed by atoms with E-state index in [1.165, 1.54) is 16.7 Å². The van der Waals surface area contributed by atoms with Crippen molar-refractivity contribution < 1.29 is 5.32 Å². The van der Waals surface area contributed by atoms with E-state index in [-0.39, 0.29) is 0 Å². The average Bonchev–Trinajstić information content (AvgIpc) is 2.67. The summed E-state index contributed by atoms with van der Waals surface area (Å²) >= 11 is 0. The van der Waals surface area contributed by atoms with Crippen LogP contribution in [0.5, 0.6) is 0 Å². The van der Waals surface area contributed by atoms with Crippen molar-refractivity contribution in [3.8, 4) is 0 Å². The molecule has 0 saturated heterocycles. The van der Waals surface area contributed by atoms with Gasteiger partial charge < -0.3 is 5.32 Å². The van der Waals surface area contributed by atoms with Crippen molar-refractivity contribution in [1.82, 2.24) is 0 Å². The number of nitrogens with two attached hydrogens (primary N) is 1. The van der Waals surface area contributed by atoms with Crippen LogP contribution >= 0.6 is 0 Å². The van der Waals surface area contributed by atoms with Crippen LogP contribution in [-0.4, -0.2) is 6.54 Å². The molecule has 0 aliphatic rings. The molecule has 0 heterocycles. The topological polar surface area (TPSA) is 16.6 Å². The number of quaternary nitrogens is 1. The first kappa shape index (κ1) is 16.5. The molecule has 0 spiro atoms. The van der Waals surface area contributed by atoms with E-state index >= 15 is 0 Å². The highest BCUT2D eigenvalue weighted by Crippen LogP contribution is 2.27. The second-order valence-corrected chi connectivity index (χ2v) is 6.39. The fraction of sp³-hybridized carbons (Fsp3) is 0.217. The maximum atomic E-state index is 2.45. The van der Waals surface area contributed by atoms with Crippen molar-refractivity contribution >= 4 is 0 Å². The minimum Gasteiger partial charge on any atom is -0.340 e. The molecule has 3 rings (SSSR count). The smallest absolute Gasteiger partial charge is 0.109 e. The first-order chi connectivity index (χ1) is 11.8. The van der Waals surface area contributed by atoms with Crippen LogP contribution in [0.25, 0.3) is 0 Å². The first-order valence-electron chi connectivity index (χ1n) is 8.83. The lowest BCUT2D eigenvalue weighted by atomic mass is 9.88. The van der Waals surface area contributed by atoms with Gasteiger partial charge in [0.1, 0.15) is 6.04 Å². The van der Waals surface area contributed by atoms with E-state index in [1.54, 1.807) is 0 Å². The molecule has 1 nitrogen and oxygen atoms in total. The van der Waals surface area contributed by atoms with Crippen molar-refractivity contribution in [1.29, 1.82) is 0 Å². The minimum absolute atomic E-state index is 0.464. The summed E-state index contributed by atoms with van der Waals surface area (Å²) in [5, 5.41) is 2.45. The van der Waals surface area contributed by atoms with Crippen molar-refractivity contribution in [2.24, 2.45) is 0 Å². The zero-order valence-corrected chi connectivity index (χ0v) is 14.3. The largest absolute Gasteiger partial charge is 0.340 e. The van der Waals surface area contributed by atoms with Crippen LogP contribution < -0.4 is 5.32 Å². The maximum Gasteiger partial charge on any atom is 0.109 e. The van der Waals surface area contributed by atoms with Gasteiger partial charge in [-0.05, 0) is 18.1 Å². The molecule has 0 bridgehead atoms. The van der Waals surface area contributed by atoms with Crippen LogP contribution in [0.4, 0.5) is 0 Å². The van der Waals surface area contributed by atoms with Gasteiger partial charge in [-0.1, -0.05) is 91.0 Å². The Bertz CT molecular complexity index is 667. The van der Waals surface area contributed by atoms with Crippen LogP contribution in [0.15, 0.2) is 91.0 Å². The Kier molecular flexibility index (Phi) is 5.81. The molecular formula is C23H26N+. The Morgan fingerprint density at radius 3 is 1.50 bits per heavy atom. The lowest BCUT2D eigenvalue weighted by Gasteiger charge is -2.19. The summed E-state index contributed by atoms with van der Waals surface area (Å²) in [7, 11) is 0. The highest BCUT2D eigenvalue weighted by Gasteiger charge is 2.15. The molecule has 0 aliphatic heterocycles. The molecule has 24 heavy (non-hydrogen) atoms. The molecule has 0 fully saturated rings. The number of hydrogen-bond donors (Lipinski definition) is 1. The Morgan fingerprint density at radius 2 is 1.04 bits per heavy atom. The molecule has 3 aromatic carbocycles. The summed E-state index contributed by atoms with van der Waals surface area (Å²) in [5.74, 6) is 0.464. The highest BCUT2D eigenvalue weighted by atomic mass is 14.9. The van der Waals surface area contributed by atoms with Crippen LogP contribution in [0.1, 0.15) is 42.0 Å². The molecule has 0 saturated carbocycles. The van der Waals surface area contributed by atoms with Crippen molar-refractivity contribution in [3.05, 3.63) is 108 Å². The van der Waals surface area contributed by atoms with Gasteiger partial charge in [-0.25, -0.2) is 0 Å². The van der Waals surface area contributed by atoms with Gasteiger partial charge in [0.25, 0.3) is 0 Å². The average molecular weight is 316 g/mol. The molecule has 3 aromatic rings. The van der Waals surface area contributed by atoms with E-state index < -0.39 is 0 Å². The summed E-state index contributed by atoms with van der Waals surface area (Å²) in [6.07, 6.45) is 1.14. The normalized spacial score (nSPS) is 12.2. The SMILES string of the molecule is C[C@H]([NH2+]CCC(c1ccccc1)c1ccccc1)c1ccccc1. The summed E-state index contributed by atoms with van der Waals surface area (Å²) in [6.45, 7) is 3.40. The maximum absolute atomic E-state index is 2.45. The Labute approximate surface area is 145 Å². The van der Waals surface area contributed by atoms with Crippen LogP contribution in [0.2, 0.25) is 0 Å². The van der Waals surface area contributed by atoms with Gasteiger partial charge in [0.05, 0.1) is 6.54 Å². The summed E-state index contributed by atoms with van der Waals surface area (Å²) in [5.41, 5.74) is 4.21. The Balaban J connectivity index is 1.67. The van der Waals surface area contributed by atoms with Gasteiger partial charge in [0.15, 0.2) is 0 Å². The van der Waals surface area contributed by atoms with Crippen LogP contribution in [0, 0.1) is 0 Å². The highest BCUT2D eigenvalue weighted by molar-refractivity contribution is 5.32. The zero-order valence-electron chi connectivity index (χ0n) is 14.3. The van der Waals surface area contributed by atoms with Crippen LogP contribution in [0.3, 0.4) is 0 Å². The van der Waals surface area contributed by atoms with Gasteiger partial charge in [0.2, 0.25) is 0 Å². The van der Waals surface area contributed by atoms with Gasteiger partial charge >= 0.3 is 0 Å². The third-order valence-electron chi connectivity index (χ3n) is 4.70. The minimum atomic E-state index is 0.464. The van der Waals surface area contributed by atoms with E-state index in [9.17, 15) is 0 Å². The quantitative estimate of drug-likeness (QED) is 0.659. The third kappa shape index (κ3) is 4.33. The third-order valence-corrected chi connectivity index (χ3v) is 4.70. The molecule has 122 valence electrons. The second kappa shape index (κ2) is 8.47. The van der Waals surface area contributed by atoms with E-state index in [0.717, 1.165) is 13.0 Å². The molecule has 0 unspecified atom stereocenters. The fourth-order valence-electron chi connectivity index (χ4n) is 3.30.